The molecule has 0 saturated carbocycles. The molecule has 1 fully saturated rings. The topological polar surface area (TPSA) is 58.3 Å². The summed E-state index contributed by atoms with van der Waals surface area (Å²) in [5.74, 6) is 1.01. The molecule has 0 aromatic carbocycles. The third-order valence-corrected chi connectivity index (χ3v) is 3.32. The van der Waals surface area contributed by atoms with Crippen LogP contribution in [0.2, 0.25) is 0 Å². The highest BCUT2D eigenvalue weighted by molar-refractivity contribution is 5.29. The lowest BCUT2D eigenvalue weighted by atomic mass is 10.3. The number of rotatable bonds is 3. The Bertz CT molecular complexity index is 562. The molecule has 0 aliphatic carbocycles. The summed E-state index contributed by atoms with van der Waals surface area (Å²) >= 11 is 0. The van der Waals surface area contributed by atoms with E-state index >= 15 is 0 Å². The summed E-state index contributed by atoms with van der Waals surface area (Å²) in [7, 11) is 0. The summed E-state index contributed by atoms with van der Waals surface area (Å²) in [5.41, 5.74) is 0.953. The van der Waals surface area contributed by atoms with Crippen LogP contribution in [0.5, 0.6) is 0 Å². The van der Waals surface area contributed by atoms with Crippen molar-refractivity contribution in [1.82, 2.24) is 20.0 Å². The molecule has 2 aromatic heterocycles. The summed E-state index contributed by atoms with van der Waals surface area (Å²) in [4.78, 5) is 12.4. The van der Waals surface area contributed by atoms with Crippen LogP contribution in [-0.2, 0) is 6.54 Å². The van der Waals surface area contributed by atoms with E-state index in [0.29, 0.717) is 5.95 Å². The first kappa shape index (κ1) is 13.0. The van der Waals surface area contributed by atoms with Crippen molar-refractivity contribution >= 4 is 5.95 Å². The molecule has 0 spiro atoms. The fourth-order valence-corrected chi connectivity index (χ4v) is 2.30. The highest BCUT2D eigenvalue weighted by atomic mass is 19.1. The zero-order valence-corrected chi connectivity index (χ0v) is 11.3. The molecule has 2 aromatic rings. The highest BCUT2D eigenvalue weighted by Crippen LogP contribution is 2.13. The van der Waals surface area contributed by atoms with Crippen LogP contribution < -0.4 is 4.90 Å². The molecule has 1 aliphatic rings. The molecule has 6 nitrogen and oxygen atoms in total. The molecule has 106 valence electrons. The Morgan fingerprint density at radius 3 is 2.50 bits per heavy atom. The van der Waals surface area contributed by atoms with Gasteiger partial charge in [0.05, 0.1) is 18.1 Å². The van der Waals surface area contributed by atoms with E-state index in [4.69, 9.17) is 4.52 Å². The first-order valence-corrected chi connectivity index (χ1v) is 6.58. The van der Waals surface area contributed by atoms with Gasteiger partial charge >= 0.3 is 0 Å². The van der Waals surface area contributed by atoms with Gasteiger partial charge < -0.3 is 9.42 Å². The predicted octanol–water partition coefficient (Wildman–Crippen LogP) is 1.23. The largest absolute Gasteiger partial charge is 0.361 e. The van der Waals surface area contributed by atoms with Gasteiger partial charge in [0.1, 0.15) is 5.76 Å². The molecule has 1 saturated heterocycles. The Labute approximate surface area is 116 Å². The third-order valence-electron chi connectivity index (χ3n) is 3.32. The van der Waals surface area contributed by atoms with Crippen LogP contribution in [0.4, 0.5) is 10.3 Å². The predicted molar refractivity (Wildman–Crippen MR) is 70.7 cm³/mol. The number of hydrogen-bond acceptors (Lipinski definition) is 6. The van der Waals surface area contributed by atoms with E-state index < -0.39 is 5.82 Å². The van der Waals surface area contributed by atoms with E-state index in [2.05, 4.69) is 24.9 Å². The molecule has 0 unspecified atom stereocenters. The van der Waals surface area contributed by atoms with Crippen LogP contribution in [0.1, 0.15) is 11.5 Å². The second kappa shape index (κ2) is 5.54. The number of anilines is 1. The van der Waals surface area contributed by atoms with Crippen molar-refractivity contribution in [3.63, 3.8) is 0 Å². The zero-order chi connectivity index (χ0) is 13.9. The Balaban J connectivity index is 1.55. The summed E-state index contributed by atoms with van der Waals surface area (Å²) in [6.07, 6.45) is 2.40. The van der Waals surface area contributed by atoms with Gasteiger partial charge in [-0.2, -0.15) is 0 Å². The molecule has 0 bridgehead atoms. The molecule has 0 amide bonds. The minimum absolute atomic E-state index is 0.409. The average Bonchev–Trinajstić information content (AvgIpc) is 2.86. The summed E-state index contributed by atoms with van der Waals surface area (Å²) < 4.78 is 17.9. The van der Waals surface area contributed by atoms with E-state index in [1.165, 1.54) is 12.4 Å². The summed E-state index contributed by atoms with van der Waals surface area (Å²) in [5, 5.41) is 4.00. The molecule has 3 rings (SSSR count). The maximum atomic E-state index is 12.8. The molecule has 7 heteroatoms. The van der Waals surface area contributed by atoms with Gasteiger partial charge in [-0.1, -0.05) is 5.16 Å². The van der Waals surface area contributed by atoms with Gasteiger partial charge in [0.25, 0.3) is 0 Å². The summed E-state index contributed by atoms with van der Waals surface area (Å²) in [6.45, 7) is 6.11. The molecule has 0 atom stereocenters. The Morgan fingerprint density at radius 1 is 1.20 bits per heavy atom. The zero-order valence-electron chi connectivity index (χ0n) is 11.3. The van der Waals surface area contributed by atoms with Gasteiger partial charge in [0.2, 0.25) is 5.95 Å². The maximum Gasteiger partial charge on any atom is 0.225 e. The van der Waals surface area contributed by atoms with Crippen molar-refractivity contribution in [1.29, 1.82) is 0 Å². The van der Waals surface area contributed by atoms with Crippen molar-refractivity contribution < 1.29 is 8.91 Å². The normalized spacial score (nSPS) is 16.6. The lowest BCUT2D eigenvalue weighted by Crippen LogP contribution is -2.46. The number of aromatic nitrogens is 3. The number of hydrogen-bond donors (Lipinski definition) is 0. The lowest BCUT2D eigenvalue weighted by Gasteiger charge is -2.34. The maximum absolute atomic E-state index is 12.8. The molecular weight excluding hydrogens is 261 g/mol. The van der Waals surface area contributed by atoms with E-state index in [9.17, 15) is 4.39 Å². The van der Waals surface area contributed by atoms with Gasteiger partial charge in [-0.3, -0.25) is 4.90 Å². The van der Waals surface area contributed by atoms with E-state index in [1.54, 1.807) is 0 Å². The SMILES string of the molecule is Cc1cc(CN2CCN(c3ncc(F)cn3)CC2)no1. The van der Waals surface area contributed by atoms with E-state index in [1.807, 2.05) is 13.0 Å². The van der Waals surface area contributed by atoms with Gasteiger partial charge in [0.15, 0.2) is 5.82 Å². The fourth-order valence-electron chi connectivity index (χ4n) is 2.30. The van der Waals surface area contributed by atoms with Crippen LogP contribution in [0.15, 0.2) is 23.0 Å². The second-order valence-electron chi connectivity index (χ2n) is 4.89. The van der Waals surface area contributed by atoms with Crippen LogP contribution in [0.25, 0.3) is 0 Å². The Kier molecular flexibility index (Phi) is 3.60. The molecule has 0 N–H and O–H groups in total. The van der Waals surface area contributed by atoms with Crippen molar-refractivity contribution in [3.05, 3.63) is 35.7 Å². The Morgan fingerprint density at radius 2 is 1.90 bits per heavy atom. The number of nitrogens with zero attached hydrogens (tertiary/aromatic N) is 5. The highest BCUT2D eigenvalue weighted by Gasteiger charge is 2.19. The van der Waals surface area contributed by atoms with Crippen LogP contribution >= 0.6 is 0 Å². The number of halogens is 1. The lowest BCUT2D eigenvalue weighted by molar-refractivity contribution is 0.240. The minimum atomic E-state index is -0.409. The summed E-state index contributed by atoms with van der Waals surface area (Å²) in [6, 6.07) is 1.95. The van der Waals surface area contributed by atoms with E-state index in [-0.39, 0.29) is 0 Å². The minimum Gasteiger partial charge on any atom is -0.361 e. The van der Waals surface area contributed by atoms with Crippen molar-refractivity contribution in [2.45, 2.75) is 13.5 Å². The molecule has 0 radical (unpaired) electrons. The average molecular weight is 277 g/mol. The monoisotopic (exact) mass is 277 g/mol. The van der Waals surface area contributed by atoms with Crippen LogP contribution in [0, 0.1) is 12.7 Å². The molecule has 1 aliphatic heterocycles. The van der Waals surface area contributed by atoms with Crippen molar-refractivity contribution in [2.75, 3.05) is 31.1 Å². The molecule has 3 heterocycles. The standard InChI is InChI=1S/C13H16FN5O/c1-10-6-12(17-20-10)9-18-2-4-19(5-3-18)13-15-7-11(14)8-16-13/h6-8H,2-5,9H2,1H3. The van der Waals surface area contributed by atoms with Gasteiger partial charge in [-0.25, -0.2) is 14.4 Å². The fraction of sp³-hybridized carbons (Fsp3) is 0.462. The Hall–Kier alpha value is -2.02. The quantitative estimate of drug-likeness (QED) is 0.841. The molecule has 20 heavy (non-hydrogen) atoms. The third kappa shape index (κ3) is 2.93. The number of piperazine rings is 1. The van der Waals surface area contributed by atoms with Crippen molar-refractivity contribution in [2.24, 2.45) is 0 Å². The smallest absolute Gasteiger partial charge is 0.225 e. The van der Waals surface area contributed by atoms with Gasteiger partial charge in [-0.15, -0.1) is 0 Å². The first-order valence-electron chi connectivity index (χ1n) is 6.58. The first-order chi connectivity index (χ1) is 9.70. The van der Waals surface area contributed by atoms with Crippen molar-refractivity contribution in [3.8, 4) is 0 Å². The van der Waals surface area contributed by atoms with Crippen LogP contribution in [0.3, 0.4) is 0 Å². The van der Waals surface area contributed by atoms with Gasteiger partial charge in [-0.05, 0) is 6.92 Å². The van der Waals surface area contributed by atoms with E-state index in [0.717, 1.165) is 44.2 Å². The number of aryl methyl sites for hydroxylation is 1. The second-order valence-corrected chi connectivity index (χ2v) is 4.89. The molecular formula is C13H16FN5O. The van der Waals surface area contributed by atoms with Gasteiger partial charge in [0, 0.05) is 38.8 Å². The van der Waals surface area contributed by atoms with Crippen LogP contribution in [-0.4, -0.2) is 46.2 Å².